The van der Waals surface area contributed by atoms with Gasteiger partial charge in [-0.2, -0.15) is 0 Å². The Morgan fingerprint density at radius 2 is 1.80 bits per heavy atom. The van der Waals surface area contributed by atoms with Gasteiger partial charge in [-0.05, 0) is 18.2 Å². The molecule has 0 bridgehead atoms. The quantitative estimate of drug-likeness (QED) is 0.785. The minimum Gasteiger partial charge on any atom is -0.478 e. The van der Waals surface area contributed by atoms with Crippen LogP contribution in [-0.2, 0) is 6.54 Å². The van der Waals surface area contributed by atoms with E-state index in [4.69, 9.17) is 21.8 Å². The number of rotatable bonds is 5. The van der Waals surface area contributed by atoms with Crippen molar-refractivity contribution in [3.8, 4) is 0 Å². The molecule has 0 aliphatic rings. The Morgan fingerprint density at radius 1 is 1.20 bits per heavy atom. The molecule has 0 atom stereocenters. The first-order chi connectivity index (χ1) is 9.45. The lowest BCUT2D eigenvalue weighted by Crippen LogP contribution is -2.05. The molecule has 0 unspecified atom stereocenters. The average molecular weight is 313 g/mol. The van der Waals surface area contributed by atoms with Crippen molar-refractivity contribution in [3.63, 3.8) is 0 Å². The minimum absolute atomic E-state index is 0.0882. The van der Waals surface area contributed by atoms with Crippen LogP contribution in [0.15, 0.2) is 24.4 Å². The van der Waals surface area contributed by atoms with E-state index in [0.717, 1.165) is 10.9 Å². The van der Waals surface area contributed by atoms with Gasteiger partial charge in [-0.3, -0.25) is 0 Å². The van der Waals surface area contributed by atoms with Crippen molar-refractivity contribution in [2.75, 3.05) is 5.32 Å². The summed E-state index contributed by atoms with van der Waals surface area (Å²) < 4.78 is 0.410. The van der Waals surface area contributed by atoms with Gasteiger partial charge < -0.3 is 15.5 Å². The number of nitrogens with zero attached hydrogens (tertiary/aromatic N) is 1. The van der Waals surface area contributed by atoms with Crippen molar-refractivity contribution < 1.29 is 19.8 Å². The molecule has 3 N–H and O–H groups in total. The van der Waals surface area contributed by atoms with Gasteiger partial charge in [-0.1, -0.05) is 11.6 Å². The van der Waals surface area contributed by atoms with E-state index in [9.17, 15) is 9.59 Å². The first-order valence-corrected chi connectivity index (χ1v) is 6.61. The molecule has 104 valence electrons. The van der Waals surface area contributed by atoms with Crippen LogP contribution in [0.4, 0.5) is 5.69 Å². The Kier molecular flexibility index (Phi) is 4.21. The third-order valence-corrected chi connectivity index (χ3v) is 3.53. The molecular formula is C12H9ClN2O4S. The number of benzene rings is 1. The first-order valence-electron chi connectivity index (χ1n) is 5.41. The topological polar surface area (TPSA) is 99.5 Å². The highest BCUT2D eigenvalue weighted by molar-refractivity contribution is 7.15. The second-order valence-corrected chi connectivity index (χ2v) is 5.54. The Labute approximate surface area is 122 Å². The summed E-state index contributed by atoms with van der Waals surface area (Å²) in [5.74, 6) is -2.37. The largest absolute Gasteiger partial charge is 0.478 e. The third kappa shape index (κ3) is 3.46. The average Bonchev–Trinajstić information content (AvgIpc) is 2.81. The second-order valence-electron chi connectivity index (χ2n) is 3.84. The number of aromatic carboxylic acids is 2. The van der Waals surface area contributed by atoms with Gasteiger partial charge >= 0.3 is 11.9 Å². The van der Waals surface area contributed by atoms with E-state index in [2.05, 4.69) is 10.3 Å². The Bertz CT molecular complexity index is 639. The maximum atomic E-state index is 11.0. The monoisotopic (exact) mass is 312 g/mol. The lowest BCUT2D eigenvalue weighted by molar-refractivity contribution is 0.0696. The maximum absolute atomic E-state index is 11.0. The molecule has 0 aliphatic heterocycles. The van der Waals surface area contributed by atoms with Gasteiger partial charge in [-0.25, -0.2) is 14.6 Å². The van der Waals surface area contributed by atoms with Crippen molar-refractivity contribution in [2.45, 2.75) is 6.54 Å². The zero-order chi connectivity index (χ0) is 14.7. The summed E-state index contributed by atoms with van der Waals surface area (Å²) in [6, 6.07) is 3.86. The zero-order valence-electron chi connectivity index (χ0n) is 9.96. The number of nitrogens with one attached hydrogen (secondary N) is 1. The molecule has 0 radical (unpaired) electrons. The number of thiazole rings is 1. The molecule has 0 saturated carbocycles. The van der Waals surface area contributed by atoms with Crippen LogP contribution in [0.1, 0.15) is 25.6 Å². The molecule has 2 aromatic rings. The SMILES string of the molecule is O=C(O)c1cc(NCc2cnc(Cl)s2)cc(C(=O)O)c1. The fourth-order valence-electron chi connectivity index (χ4n) is 1.53. The van der Waals surface area contributed by atoms with E-state index in [-0.39, 0.29) is 11.1 Å². The molecule has 0 aliphatic carbocycles. The molecule has 8 heteroatoms. The molecule has 0 saturated heterocycles. The van der Waals surface area contributed by atoms with Crippen LogP contribution in [0.25, 0.3) is 0 Å². The van der Waals surface area contributed by atoms with Crippen molar-refractivity contribution in [1.82, 2.24) is 4.98 Å². The predicted molar refractivity (Wildman–Crippen MR) is 74.8 cm³/mol. The van der Waals surface area contributed by atoms with E-state index >= 15 is 0 Å². The molecule has 1 aromatic carbocycles. The van der Waals surface area contributed by atoms with E-state index in [1.54, 1.807) is 6.20 Å². The van der Waals surface area contributed by atoms with Crippen LogP contribution in [0, 0.1) is 0 Å². The standard InChI is InChI=1S/C12H9ClN2O4S/c13-12-15-5-9(20-12)4-14-8-2-6(10(16)17)1-7(3-8)11(18)19/h1-3,5,14H,4H2,(H,16,17)(H,18,19). The van der Waals surface area contributed by atoms with Gasteiger partial charge in [0.2, 0.25) is 0 Å². The van der Waals surface area contributed by atoms with Crippen LogP contribution < -0.4 is 5.32 Å². The summed E-state index contributed by atoms with van der Waals surface area (Å²) in [6.07, 6.45) is 1.60. The number of carboxylic acids is 2. The minimum atomic E-state index is -1.18. The fourth-order valence-corrected chi connectivity index (χ4v) is 2.45. The van der Waals surface area contributed by atoms with Gasteiger partial charge in [-0.15, -0.1) is 11.3 Å². The smallest absolute Gasteiger partial charge is 0.335 e. The Morgan fingerprint density at radius 3 is 2.25 bits per heavy atom. The highest BCUT2D eigenvalue weighted by Gasteiger charge is 2.11. The summed E-state index contributed by atoms with van der Waals surface area (Å²) in [7, 11) is 0. The van der Waals surface area contributed by atoms with Crippen molar-refractivity contribution in [2.24, 2.45) is 0 Å². The Hall–Kier alpha value is -2.12. The van der Waals surface area contributed by atoms with Crippen molar-refractivity contribution in [3.05, 3.63) is 44.9 Å². The van der Waals surface area contributed by atoms with Crippen LogP contribution >= 0.6 is 22.9 Å². The van der Waals surface area contributed by atoms with Gasteiger partial charge in [0, 0.05) is 16.8 Å². The van der Waals surface area contributed by atoms with Crippen molar-refractivity contribution in [1.29, 1.82) is 0 Å². The number of anilines is 1. The van der Waals surface area contributed by atoms with Gasteiger partial charge in [0.05, 0.1) is 17.7 Å². The number of carbonyl (C=O) groups is 2. The molecule has 1 heterocycles. The summed E-state index contributed by atoms with van der Waals surface area (Å²) in [5, 5.41) is 20.9. The number of hydrogen-bond donors (Lipinski definition) is 3. The molecule has 0 spiro atoms. The van der Waals surface area contributed by atoms with Gasteiger partial charge in [0.1, 0.15) is 0 Å². The van der Waals surface area contributed by atoms with E-state index < -0.39 is 11.9 Å². The van der Waals surface area contributed by atoms with Crippen LogP contribution in [-0.4, -0.2) is 27.1 Å². The third-order valence-electron chi connectivity index (χ3n) is 2.42. The van der Waals surface area contributed by atoms with E-state index in [1.807, 2.05) is 0 Å². The lowest BCUT2D eigenvalue weighted by atomic mass is 10.1. The summed E-state index contributed by atoms with van der Waals surface area (Å²) >= 11 is 6.99. The molecular weight excluding hydrogens is 304 g/mol. The van der Waals surface area contributed by atoms with Crippen molar-refractivity contribution >= 4 is 40.6 Å². The van der Waals surface area contributed by atoms with Crippen LogP contribution in [0.3, 0.4) is 0 Å². The van der Waals surface area contributed by atoms with Gasteiger partial charge in [0.25, 0.3) is 0 Å². The number of halogens is 1. The second kappa shape index (κ2) is 5.89. The predicted octanol–water partition coefficient (Wildman–Crippen LogP) is 2.81. The lowest BCUT2D eigenvalue weighted by Gasteiger charge is -2.07. The summed E-state index contributed by atoms with van der Waals surface area (Å²) in [5.41, 5.74) is 0.233. The normalized spacial score (nSPS) is 10.2. The Balaban J connectivity index is 2.21. The van der Waals surface area contributed by atoms with Gasteiger partial charge in [0.15, 0.2) is 4.47 Å². The first kappa shape index (κ1) is 14.3. The highest BCUT2D eigenvalue weighted by Crippen LogP contribution is 2.20. The molecule has 0 amide bonds. The number of carboxylic acid groups (broad SMARTS) is 2. The molecule has 20 heavy (non-hydrogen) atoms. The molecule has 1 aromatic heterocycles. The molecule has 6 nitrogen and oxygen atoms in total. The number of aromatic nitrogens is 1. The zero-order valence-corrected chi connectivity index (χ0v) is 11.5. The van der Waals surface area contributed by atoms with Crippen LogP contribution in [0.5, 0.6) is 0 Å². The van der Waals surface area contributed by atoms with Crippen LogP contribution in [0.2, 0.25) is 4.47 Å². The molecule has 2 rings (SSSR count). The summed E-state index contributed by atoms with van der Waals surface area (Å²) in [4.78, 5) is 26.6. The van der Waals surface area contributed by atoms with E-state index in [0.29, 0.717) is 16.7 Å². The highest BCUT2D eigenvalue weighted by atomic mass is 35.5. The summed E-state index contributed by atoms with van der Waals surface area (Å²) in [6.45, 7) is 0.381. The molecule has 0 fully saturated rings. The van der Waals surface area contributed by atoms with E-state index in [1.165, 1.54) is 23.5 Å². The number of hydrogen-bond acceptors (Lipinski definition) is 5. The fraction of sp³-hybridized carbons (Fsp3) is 0.0833. The maximum Gasteiger partial charge on any atom is 0.335 e.